The Labute approximate surface area is 188 Å². The molecule has 1 aromatic carbocycles. The Bertz CT molecular complexity index is 1090. The first-order valence-corrected chi connectivity index (χ1v) is 10.4. The standard InChI is InChI=1S/C23H30N6O3/c1-15-9-18(11-24-12-21(30)32-23(3,4)5)28-22(26-15)27-17-7-8-19(20(10-17)31-6)29-13-16(2)25-14-29/h7-10,13-14,24H,11-12H2,1-6H3,(H,26,27,28). The van der Waals surface area contributed by atoms with Crippen LogP contribution in [0.15, 0.2) is 36.8 Å². The second kappa shape index (κ2) is 9.78. The minimum atomic E-state index is -0.505. The number of benzene rings is 1. The van der Waals surface area contributed by atoms with E-state index in [9.17, 15) is 4.79 Å². The zero-order chi connectivity index (χ0) is 23.3. The SMILES string of the molecule is COc1cc(Nc2nc(C)cc(CNCC(=O)OC(C)(C)C)n2)ccc1-n1cnc(C)c1. The third-order valence-electron chi connectivity index (χ3n) is 4.33. The van der Waals surface area contributed by atoms with Crippen LogP contribution >= 0.6 is 0 Å². The van der Waals surface area contributed by atoms with Crippen LogP contribution in [0.3, 0.4) is 0 Å². The summed E-state index contributed by atoms with van der Waals surface area (Å²) in [4.78, 5) is 25.1. The van der Waals surface area contributed by atoms with E-state index in [1.54, 1.807) is 13.4 Å². The number of methoxy groups -OCH3 is 1. The van der Waals surface area contributed by atoms with Crippen molar-refractivity contribution in [3.63, 3.8) is 0 Å². The van der Waals surface area contributed by atoms with Gasteiger partial charge in [-0.1, -0.05) is 0 Å². The van der Waals surface area contributed by atoms with Crippen molar-refractivity contribution in [2.45, 2.75) is 46.8 Å². The van der Waals surface area contributed by atoms with Crippen molar-refractivity contribution < 1.29 is 14.3 Å². The molecule has 0 amide bonds. The first-order valence-electron chi connectivity index (χ1n) is 10.4. The van der Waals surface area contributed by atoms with Crippen LogP contribution in [0.25, 0.3) is 5.69 Å². The van der Waals surface area contributed by atoms with Crippen LogP contribution in [-0.2, 0) is 16.1 Å². The highest BCUT2D eigenvalue weighted by Crippen LogP contribution is 2.28. The first-order chi connectivity index (χ1) is 15.1. The fourth-order valence-corrected chi connectivity index (χ4v) is 3.10. The average molecular weight is 439 g/mol. The van der Waals surface area contributed by atoms with E-state index in [1.165, 1.54) is 0 Å². The number of carbonyl (C=O) groups is 1. The molecule has 9 heteroatoms. The normalized spacial score (nSPS) is 11.3. The molecule has 0 saturated heterocycles. The number of aryl methyl sites for hydroxylation is 2. The summed E-state index contributed by atoms with van der Waals surface area (Å²) in [6.07, 6.45) is 3.69. The van der Waals surface area contributed by atoms with E-state index >= 15 is 0 Å². The van der Waals surface area contributed by atoms with E-state index in [-0.39, 0.29) is 12.5 Å². The van der Waals surface area contributed by atoms with Crippen LogP contribution in [0.1, 0.15) is 37.9 Å². The molecule has 9 nitrogen and oxygen atoms in total. The summed E-state index contributed by atoms with van der Waals surface area (Å²) in [5, 5.41) is 6.29. The van der Waals surface area contributed by atoms with Gasteiger partial charge in [-0.25, -0.2) is 15.0 Å². The van der Waals surface area contributed by atoms with Gasteiger partial charge in [0.1, 0.15) is 11.4 Å². The average Bonchev–Trinajstić information content (AvgIpc) is 3.12. The molecule has 170 valence electrons. The Morgan fingerprint density at radius 2 is 1.91 bits per heavy atom. The zero-order valence-electron chi connectivity index (χ0n) is 19.4. The smallest absolute Gasteiger partial charge is 0.320 e. The fraction of sp³-hybridized carbons (Fsp3) is 0.391. The lowest BCUT2D eigenvalue weighted by Crippen LogP contribution is -2.31. The summed E-state index contributed by atoms with van der Waals surface area (Å²) >= 11 is 0. The molecule has 0 atom stereocenters. The van der Waals surface area contributed by atoms with Gasteiger partial charge in [-0.15, -0.1) is 0 Å². The minimum Gasteiger partial charge on any atom is -0.494 e. The topological polar surface area (TPSA) is 103 Å². The number of nitrogens with one attached hydrogen (secondary N) is 2. The molecule has 0 saturated carbocycles. The maximum atomic E-state index is 11.9. The van der Waals surface area contributed by atoms with E-state index in [4.69, 9.17) is 9.47 Å². The van der Waals surface area contributed by atoms with Crippen molar-refractivity contribution in [3.8, 4) is 11.4 Å². The van der Waals surface area contributed by atoms with E-state index in [0.29, 0.717) is 18.2 Å². The number of carbonyl (C=O) groups excluding carboxylic acids is 1. The number of anilines is 2. The van der Waals surface area contributed by atoms with Gasteiger partial charge in [0.2, 0.25) is 5.95 Å². The molecule has 0 spiro atoms. The quantitative estimate of drug-likeness (QED) is 0.516. The second-order valence-corrected chi connectivity index (χ2v) is 8.45. The molecule has 0 aliphatic carbocycles. The molecular weight excluding hydrogens is 408 g/mol. The highest BCUT2D eigenvalue weighted by atomic mass is 16.6. The second-order valence-electron chi connectivity index (χ2n) is 8.45. The monoisotopic (exact) mass is 438 g/mol. The summed E-state index contributed by atoms with van der Waals surface area (Å²) in [6, 6.07) is 7.63. The predicted octanol–water partition coefficient (Wildman–Crippen LogP) is 3.46. The van der Waals surface area contributed by atoms with Crippen molar-refractivity contribution in [1.82, 2.24) is 24.8 Å². The largest absolute Gasteiger partial charge is 0.494 e. The Kier molecular flexibility index (Phi) is 7.09. The lowest BCUT2D eigenvalue weighted by atomic mass is 10.2. The summed E-state index contributed by atoms with van der Waals surface area (Å²) in [5.41, 5.74) is 3.68. The molecule has 0 bridgehead atoms. The van der Waals surface area contributed by atoms with Crippen LogP contribution < -0.4 is 15.4 Å². The third kappa shape index (κ3) is 6.52. The van der Waals surface area contributed by atoms with Gasteiger partial charge in [-0.3, -0.25) is 4.79 Å². The number of aromatic nitrogens is 4. The maximum Gasteiger partial charge on any atom is 0.320 e. The Morgan fingerprint density at radius 1 is 1.12 bits per heavy atom. The number of hydrogen-bond donors (Lipinski definition) is 2. The molecule has 0 radical (unpaired) electrons. The van der Waals surface area contributed by atoms with Gasteiger partial charge < -0.3 is 24.7 Å². The maximum absolute atomic E-state index is 11.9. The van der Waals surface area contributed by atoms with Crippen molar-refractivity contribution in [2.24, 2.45) is 0 Å². The molecular formula is C23H30N6O3. The lowest BCUT2D eigenvalue weighted by Gasteiger charge is -2.19. The van der Waals surface area contributed by atoms with Gasteiger partial charge >= 0.3 is 5.97 Å². The molecule has 0 aliphatic heterocycles. The van der Waals surface area contributed by atoms with Crippen molar-refractivity contribution in [1.29, 1.82) is 0 Å². The van der Waals surface area contributed by atoms with Gasteiger partial charge in [-0.05, 0) is 52.8 Å². The lowest BCUT2D eigenvalue weighted by molar-refractivity contribution is -0.153. The van der Waals surface area contributed by atoms with Gasteiger partial charge in [-0.2, -0.15) is 0 Å². The van der Waals surface area contributed by atoms with E-state index in [2.05, 4.69) is 25.6 Å². The molecule has 0 unspecified atom stereocenters. The summed E-state index contributed by atoms with van der Waals surface area (Å²) in [7, 11) is 1.63. The highest BCUT2D eigenvalue weighted by molar-refractivity contribution is 5.72. The van der Waals surface area contributed by atoms with Crippen LogP contribution in [0.4, 0.5) is 11.6 Å². The van der Waals surface area contributed by atoms with Crippen LogP contribution in [0.2, 0.25) is 0 Å². The number of esters is 1. The predicted molar refractivity (Wildman–Crippen MR) is 122 cm³/mol. The molecule has 32 heavy (non-hydrogen) atoms. The molecule has 0 fully saturated rings. The van der Waals surface area contributed by atoms with Crippen LogP contribution in [-0.4, -0.2) is 44.7 Å². The Hall–Kier alpha value is -3.46. The van der Waals surface area contributed by atoms with E-state index in [1.807, 2.05) is 69.6 Å². The van der Waals surface area contributed by atoms with Gasteiger partial charge in [0.25, 0.3) is 0 Å². The Balaban J connectivity index is 1.68. The molecule has 2 heterocycles. The van der Waals surface area contributed by atoms with Crippen molar-refractivity contribution in [3.05, 3.63) is 53.9 Å². The van der Waals surface area contributed by atoms with E-state index in [0.717, 1.165) is 28.5 Å². The zero-order valence-corrected chi connectivity index (χ0v) is 19.4. The third-order valence-corrected chi connectivity index (χ3v) is 4.33. The number of rotatable bonds is 8. The van der Waals surface area contributed by atoms with Crippen LogP contribution in [0, 0.1) is 13.8 Å². The van der Waals surface area contributed by atoms with Crippen LogP contribution in [0.5, 0.6) is 5.75 Å². The highest BCUT2D eigenvalue weighted by Gasteiger charge is 2.16. The minimum absolute atomic E-state index is 0.107. The fourth-order valence-electron chi connectivity index (χ4n) is 3.10. The van der Waals surface area contributed by atoms with Gasteiger partial charge in [0.15, 0.2) is 0 Å². The Morgan fingerprint density at radius 3 is 2.56 bits per heavy atom. The van der Waals surface area contributed by atoms with Gasteiger partial charge in [0.05, 0.1) is 37.1 Å². The molecule has 3 aromatic rings. The number of nitrogens with zero attached hydrogens (tertiary/aromatic N) is 4. The molecule has 0 aliphatic rings. The summed E-state index contributed by atoms with van der Waals surface area (Å²) in [5.74, 6) is 0.855. The van der Waals surface area contributed by atoms with Crippen molar-refractivity contribution in [2.75, 3.05) is 19.0 Å². The molecule has 2 aromatic heterocycles. The van der Waals surface area contributed by atoms with E-state index < -0.39 is 5.60 Å². The molecule has 3 rings (SSSR count). The first kappa shape index (κ1) is 23.2. The number of hydrogen-bond acceptors (Lipinski definition) is 8. The molecule has 2 N–H and O–H groups in total. The number of ether oxygens (including phenoxy) is 2. The van der Waals surface area contributed by atoms with Gasteiger partial charge in [0, 0.05) is 30.2 Å². The number of imidazole rings is 1. The van der Waals surface area contributed by atoms with Crippen molar-refractivity contribution >= 4 is 17.6 Å². The summed E-state index contributed by atoms with van der Waals surface area (Å²) < 4.78 is 12.8. The summed E-state index contributed by atoms with van der Waals surface area (Å²) in [6.45, 7) is 9.88.